The van der Waals surface area contributed by atoms with Crippen LogP contribution in [0.15, 0.2) is 5.38 Å². The van der Waals surface area contributed by atoms with E-state index in [9.17, 15) is 13.2 Å². The van der Waals surface area contributed by atoms with Crippen molar-refractivity contribution in [3.63, 3.8) is 0 Å². The highest BCUT2D eigenvalue weighted by Gasteiger charge is 2.34. The van der Waals surface area contributed by atoms with Crippen LogP contribution in [0.1, 0.15) is 5.56 Å². The van der Waals surface area contributed by atoms with Gasteiger partial charge in [-0.05, 0) is 0 Å². The molecule has 7 heteroatoms. The van der Waals surface area contributed by atoms with Crippen molar-refractivity contribution in [1.82, 2.24) is 0 Å². The average Bonchev–Trinajstić information content (AvgIpc) is 2.11. The van der Waals surface area contributed by atoms with Gasteiger partial charge in [0.2, 0.25) is 0 Å². The summed E-state index contributed by atoms with van der Waals surface area (Å²) in [5, 5.41) is 0.499. The Bertz CT molecular complexity index is 270. The van der Waals surface area contributed by atoms with Crippen molar-refractivity contribution in [2.75, 3.05) is 5.73 Å². The van der Waals surface area contributed by atoms with E-state index in [2.05, 4.69) is 0 Å². The topological polar surface area (TPSA) is 26.0 Å². The van der Waals surface area contributed by atoms with Crippen LogP contribution in [0.4, 0.5) is 18.2 Å². The highest BCUT2D eigenvalue weighted by atomic mass is 35.5. The number of anilines is 1. The van der Waals surface area contributed by atoms with Gasteiger partial charge in [-0.15, -0.1) is 23.7 Å². The summed E-state index contributed by atoms with van der Waals surface area (Å²) < 4.78 is 35.8. The lowest BCUT2D eigenvalue weighted by Crippen LogP contribution is -2.03. The second-order valence-corrected chi connectivity index (χ2v) is 3.11. The monoisotopic (exact) mass is 237 g/mol. The summed E-state index contributed by atoms with van der Waals surface area (Å²) in [6.07, 6.45) is -4.40. The van der Waals surface area contributed by atoms with Crippen LogP contribution in [-0.4, -0.2) is 0 Å². The third-order valence-electron chi connectivity index (χ3n) is 1.06. The van der Waals surface area contributed by atoms with Gasteiger partial charge in [-0.25, -0.2) is 0 Å². The summed E-state index contributed by atoms with van der Waals surface area (Å²) >= 11 is 6.04. The summed E-state index contributed by atoms with van der Waals surface area (Å²) in [5.41, 5.74) is 4.26. The molecule has 1 aromatic rings. The van der Waals surface area contributed by atoms with Gasteiger partial charge >= 0.3 is 6.18 Å². The van der Waals surface area contributed by atoms with Gasteiger partial charge in [0, 0.05) is 5.38 Å². The van der Waals surface area contributed by atoms with Crippen LogP contribution in [0, 0.1) is 0 Å². The molecule has 1 heterocycles. The molecular formula is C5H4Cl2F3NS. The number of alkyl halides is 3. The Morgan fingerprint density at radius 1 is 1.42 bits per heavy atom. The van der Waals surface area contributed by atoms with E-state index in [0.29, 0.717) is 0 Å². The molecule has 0 saturated heterocycles. The minimum Gasteiger partial charge on any atom is -0.389 e. The highest BCUT2D eigenvalue weighted by Crippen LogP contribution is 2.40. The zero-order valence-corrected chi connectivity index (χ0v) is 7.87. The van der Waals surface area contributed by atoms with Gasteiger partial charge in [-0.3, -0.25) is 0 Å². The normalized spacial score (nSPS) is 11.0. The maximum absolute atomic E-state index is 11.9. The zero-order chi connectivity index (χ0) is 8.65. The molecule has 0 bridgehead atoms. The molecule has 1 aromatic heterocycles. The van der Waals surface area contributed by atoms with Gasteiger partial charge < -0.3 is 5.73 Å². The molecule has 2 N–H and O–H groups in total. The van der Waals surface area contributed by atoms with Gasteiger partial charge in [-0.1, -0.05) is 11.6 Å². The number of nitrogens with two attached hydrogens (primary N) is 1. The molecule has 1 nitrogen and oxygen atoms in total. The van der Waals surface area contributed by atoms with Crippen molar-refractivity contribution in [3.05, 3.63) is 16.0 Å². The molecule has 0 aliphatic rings. The number of thiophene rings is 1. The first-order chi connectivity index (χ1) is 4.93. The van der Waals surface area contributed by atoms with Gasteiger partial charge in [0.25, 0.3) is 0 Å². The highest BCUT2D eigenvalue weighted by molar-refractivity contribution is 7.14. The number of halogens is 5. The van der Waals surface area contributed by atoms with Crippen molar-refractivity contribution in [1.29, 1.82) is 0 Å². The van der Waals surface area contributed by atoms with Crippen LogP contribution >= 0.6 is 35.3 Å². The largest absolute Gasteiger partial charge is 0.418 e. The second-order valence-electron chi connectivity index (χ2n) is 1.83. The zero-order valence-electron chi connectivity index (χ0n) is 5.48. The van der Waals surface area contributed by atoms with Gasteiger partial charge in [0.05, 0.1) is 10.6 Å². The summed E-state index contributed by atoms with van der Waals surface area (Å²) in [5.74, 6) is 0. The average molecular weight is 238 g/mol. The molecule has 0 aliphatic carbocycles. The van der Waals surface area contributed by atoms with Crippen LogP contribution in [0.5, 0.6) is 0 Å². The molecule has 0 saturated carbocycles. The summed E-state index contributed by atoms with van der Waals surface area (Å²) in [7, 11) is 0. The Labute approximate surface area is 81.7 Å². The first kappa shape index (κ1) is 11.9. The number of hydrogen-bond donors (Lipinski definition) is 1. The predicted octanol–water partition coefficient (Wildman–Crippen LogP) is 3.42. The first-order valence-electron chi connectivity index (χ1n) is 2.52. The van der Waals surface area contributed by atoms with Crippen molar-refractivity contribution < 1.29 is 13.2 Å². The Morgan fingerprint density at radius 2 is 1.92 bits per heavy atom. The molecule has 0 unspecified atom stereocenters. The number of rotatable bonds is 0. The Hall–Kier alpha value is -0.130. The van der Waals surface area contributed by atoms with Crippen LogP contribution in [0.25, 0.3) is 0 Å². The third-order valence-corrected chi connectivity index (χ3v) is 2.39. The lowest BCUT2D eigenvalue weighted by atomic mass is 10.3. The Kier molecular flexibility index (Phi) is 3.68. The molecule has 70 valence electrons. The smallest absolute Gasteiger partial charge is 0.389 e. The van der Waals surface area contributed by atoms with Crippen LogP contribution in [0.3, 0.4) is 0 Å². The molecule has 0 aromatic carbocycles. The van der Waals surface area contributed by atoms with E-state index < -0.39 is 16.8 Å². The maximum atomic E-state index is 11.9. The summed E-state index contributed by atoms with van der Waals surface area (Å²) in [6, 6.07) is 0. The fourth-order valence-corrected chi connectivity index (χ4v) is 1.62. The number of nitrogen functional groups attached to an aromatic ring is 1. The summed E-state index contributed by atoms with van der Waals surface area (Å²) in [6.45, 7) is 0. The maximum Gasteiger partial charge on any atom is 0.418 e. The molecule has 0 radical (unpaired) electrons. The minimum absolute atomic E-state index is 0. The third kappa shape index (κ3) is 2.18. The van der Waals surface area contributed by atoms with Crippen LogP contribution in [0.2, 0.25) is 5.02 Å². The molecule has 12 heavy (non-hydrogen) atoms. The molecule has 0 spiro atoms. The van der Waals surface area contributed by atoms with Gasteiger partial charge in [0.15, 0.2) is 0 Å². The molecule has 0 fully saturated rings. The second kappa shape index (κ2) is 3.72. The van der Waals surface area contributed by atoms with Crippen molar-refractivity contribution in [2.24, 2.45) is 0 Å². The van der Waals surface area contributed by atoms with Crippen LogP contribution < -0.4 is 5.73 Å². The predicted molar refractivity (Wildman–Crippen MR) is 46.0 cm³/mol. The van der Waals surface area contributed by atoms with Crippen LogP contribution in [-0.2, 0) is 6.18 Å². The van der Waals surface area contributed by atoms with E-state index in [1.54, 1.807) is 0 Å². The van der Waals surface area contributed by atoms with E-state index in [-0.39, 0.29) is 17.4 Å². The van der Waals surface area contributed by atoms with Crippen molar-refractivity contribution >= 4 is 40.3 Å². The van der Waals surface area contributed by atoms with Crippen molar-refractivity contribution in [3.8, 4) is 0 Å². The van der Waals surface area contributed by atoms with E-state index >= 15 is 0 Å². The fourth-order valence-electron chi connectivity index (χ4n) is 0.550. The van der Waals surface area contributed by atoms with Gasteiger partial charge in [0.1, 0.15) is 5.00 Å². The Balaban J connectivity index is 0.00000121. The molecule has 0 aliphatic heterocycles. The SMILES string of the molecule is Cl.Nc1scc(C(F)(F)F)c1Cl. The molecule has 0 amide bonds. The lowest BCUT2D eigenvalue weighted by molar-refractivity contribution is -0.137. The molecular weight excluding hydrogens is 234 g/mol. The lowest BCUT2D eigenvalue weighted by Gasteiger charge is -2.02. The Morgan fingerprint density at radius 3 is 2.08 bits per heavy atom. The molecule has 0 atom stereocenters. The summed E-state index contributed by atoms with van der Waals surface area (Å²) in [4.78, 5) is 0. The fraction of sp³-hybridized carbons (Fsp3) is 0.200. The van der Waals surface area contributed by atoms with E-state index in [1.807, 2.05) is 0 Å². The standard InChI is InChI=1S/C5H3ClF3NS.ClH/c6-3-2(5(7,8)9)1-11-4(3)10;/h1H,10H2;1H. The van der Waals surface area contributed by atoms with E-state index in [0.717, 1.165) is 16.7 Å². The number of hydrogen-bond acceptors (Lipinski definition) is 2. The minimum atomic E-state index is -4.40. The van der Waals surface area contributed by atoms with Gasteiger partial charge in [-0.2, -0.15) is 13.2 Å². The van der Waals surface area contributed by atoms with E-state index in [4.69, 9.17) is 17.3 Å². The quantitative estimate of drug-likeness (QED) is 0.736. The van der Waals surface area contributed by atoms with Crippen molar-refractivity contribution in [2.45, 2.75) is 6.18 Å². The van der Waals surface area contributed by atoms with E-state index in [1.165, 1.54) is 0 Å². The first-order valence-corrected chi connectivity index (χ1v) is 3.78. The molecule has 1 rings (SSSR count).